The van der Waals surface area contributed by atoms with Crippen LogP contribution >= 0.6 is 23.4 Å². The summed E-state index contributed by atoms with van der Waals surface area (Å²) in [6.07, 6.45) is 0. The molecule has 0 spiro atoms. The second-order valence-electron chi connectivity index (χ2n) is 1.92. The monoisotopic (exact) mass is 180 g/mol. The van der Waals surface area contributed by atoms with Crippen molar-refractivity contribution >= 4 is 35.1 Å². The molecule has 0 bridgehead atoms. The molecular formula is C5H5ClO3S. The maximum absolute atomic E-state index is 10.8. The van der Waals surface area contributed by atoms with E-state index in [1.165, 1.54) is 0 Å². The Morgan fingerprint density at radius 2 is 2.40 bits per heavy atom. The van der Waals surface area contributed by atoms with E-state index in [0.717, 1.165) is 11.8 Å². The molecule has 0 aromatic rings. The number of carbonyl (C=O) groups excluding carboxylic acids is 1. The third-order valence-electron chi connectivity index (χ3n) is 1.20. The van der Waals surface area contributed by atoms with Crippen LogP contribution in [-0.4, -0.2) is 33.2 Å². The van der Waals surface area contributed by atoms with Crippen LogP contribution in [0.15, 0.2) is 0 Å². The van der Waals surface area contributed by atoms with Crippen LogP contribution in [0.1, 0.15) is 0 Å². The molecule has 1 aliphatic rings. The second kappa shape index (κ2) is 2.80. The van der Waals surface area contributed by atoms with Crippen molar-refractivity contribution in [2.24, 2.45) is 0 Å². The predicted molar refractivity (Wildman–Crippen MR) is 38.5 cm³/mol. The highest BCUT2D eigenvalue weighted by Crippen LogP contribution is 2.26. The van der Waals surface area contributed by atoms with Crippen molar-refractivity contribution in [3.63, 3.8) is 0 Å². The molecule has 0 aromatic heterocycles. The molecule has 1 fully saturated rings. The Morgan fingerprint density at radius 3 is 2.60 bits per heavy atom. The Kier molecular flexibility index (Phi) is 2.21. The number of carboxylic acids is 1. The van der Waals surface area contributed by atoms with E-state index in [4.69, 9.17) is 16.7 Å². The van der Waals surface area contributed by atoms with Crippen LogP contribution in [0.3, 0.4) is 0 Å². The molecule has 0 aliphatic carbocycles. The quantitative estimate of drug-likeness (QED) is 0.468. The summed E-state index contributed by atoms with van der Waals surface area (Å²) in [7, 11) is 0. The average molecular weight is 181 g/mol. The smallest absolute Gasteiger partial charge is 0.324 e. The van der Waals surface area contributed by atoms with Crippen LogP contribution < -0.4 is 0 Å². The number of alkyl halides is 1. The molecule has 0 amide bonds. The number of Topliss-reactive ketones (excluding diaryl/α,β-unsaturated/α-hetero) is 1. The van der Waals surface area contributed by atoms with Crippen LogP contribution in [0.2, 0.25) is 0 Å². The van der Waals surface area contributed by atoms with Crippen LogP contribution in [0, 0.1) is 0 Å². The van der Waals surface area contributed by atoms with E-state index in [1.807, 2.05) is 0 Å². The Bertz CT molecular complexity index is 182. The molecular weight excluding hydrogens is 176 g/mol. The van der Waals surface area contributed by atoms with Crippen molar-refractivity contribution in [2.75, 3.05) is 5.75 Å². The zero-order chi connectivity index (χ0) is 7.72. The highest BCUT2D eigenvalue weighted by molar-refractivity contribution is 8.02. The zero-order valence-corrected chi connectivity index (χ0v) is 6.48. The van der Waals surface area contributed by atoms with Gasteiger partial charge in [-0.05, 0) is 0 Å². The average Bonchev–Trinajstić information content (AvgIpc) is 2.14. The number of hydrogen-bond acceptors (Lipinski definition) is 3. The highest BCUT2D eigenvalue weighted by atomic mass is 35.5. The van der Waals surface area contributed by atoms with Gasteiger partial charge in [-0.2, -0.15) is 0 Å². The van der Waals surface area contributed by atoms with E-state index >= 15 is 0 Å². The van der Waals surface area contributed by atoms with E-state index < -0.39 is 16.6 Å². The lowest BCUT2D eigenvalue weighted by Crippen LogP contribution is -2.26. The van der Waals surface area contributed by atoms with Gasteiger partial charge in [-0.1, -0.05) is 0 Å². The molecule has 0 aromatic carbocycles. The van der Waals surface area contributed by atoms with Crippen molar-refractivity contribution in [1.29, 1.82) is 0 Å². The molecule has 3 nitrogen and oxygen atoms in total. The first kappa shape index (κ1) is 7.88. The topological polar surface area (TPSA) is 54.4 Å². The summed E-state index contributed by atoms with van der Waals surface area (Å²) < 4.78 is 0. The fraction of sp³-hybridized carbons (Fsp3) is 0.600. The van der Waals surface area contributed by atoms with Crippen LogP contribution in [0.4, 0.5) is 0 Å². The first-order chi connectivity index (χ1) is 4.63. The Labute approximate surface area is 66.7 Å². The molecule has 1 heterocycles. The molecule has 2 atom stereocenters. The molecule has 1 rings (SSSR count). The van der Waals surface area contributed by atoms with Crippen molar-refractivity contribution in [3.05, 3.63) is 0 Å². The summed E-state index contributed by atoms with van der Waals surface area (Å²) in [6.45, 7) is 0. The minimum Gasteiger partial charge on any atom is -0.480 e. The molecule has 1 saturated heterocycles. The highest BCUT2D eigenvalue weighted by Gasteiger charge is 2.38. The van der Waals surface area contributed by atoms with Crippen LogP contribution in [0.5, 0.6) is 0 Å². The van der Waals surface area contributed by atoms with Gasteiger partial charge in [0.25, 0.3) is 0 Å². The van der Waals surface area contributed by atoms with Gasteiger partial charge in [-0.25, -0.2) is 0 Å². The Morgan fingerprint density at radius 1 is 1.80 bits per heavy atom. The number of carboxylic acid groups (broad SMARTS) is 1. The summed E-state index contributed by atoms with van der Waals surface area (Å²) in [4.78, 5) is 21.1. The molecule has 1 aliphatic heterocycles. The zero-order valence-electron chi connectivity index (χ0n) is 4.91. The normalized spacial score (nSPS) is 32.7. The molecule has 2 unspecified atom stereocenters. The van der Waals surface area contributed by atoms with Gasteiger partial charge < -0.3 is 5.11 Å². The second-order valence-corrected chi connectivity index (χ2v) is 3.59. The van der Waals surface area contributed by atoms with Gasteiger partial charge in [0.05, 0.1) is 0 Å². The first-order valence-corrected chi connectivity index (χ1v) is 4.13. The molecule has 10 heavy (non-hydrogen) atoms. The van der Waals surface area contributed by atoms with Gasteiger partial charge in [0.15, 0.2) is 11.0 Å². The predicted octanol–water partition coefficient (Wildman–Crippen LogP) is 0.363. The molecule has 1 N–H and O–H groups in total. The van der Waals surface area contributed by atoms with Crippen molar-refractivity contribution in [2.45, 2.75) is 10.6 Å². The van der Waals surface area contributed by atoms with E-state index in [1.54, 1.807) is 0 Å². The maximum Gasteiger partial charge on any atom is 0.324 e. The van der Waals surface area contributed by atoms with Gasteiger partial charge in [0.1, 0.15) is 5.38 Å². The van der Waals surface area contributed by atoms with Crippen molar-refractivity contribution in [1.82, 2.24) is 0 Å². The summed E-state index contributed by atoms with van der Waals surface area (Å²) in [5.41, 5.74) is 0. The number of aliphatic carboxylic acids is 1. The third-order valence-corrected chi connectivity index (χ3v) is 3.05. The van der Waals surface area contributed by atoms with Gasteiger partial charge >= 0.3 is 5.97 Å². The van der Waals surface area contributed by atoms with Gasteiger partial charge in [0.2, 0.25) is 0 Å². The van der Waals surface area contributed by atoms with Gasteiger partial charge in [-0.15, -0.1) is 23.4 Å². The number of halogens is 1. The number of thioether (sulfide) groups is 1. The fourth-order valence-electron chi connectivity index (χ4n) is 0.702. The number of rotatable bonds is 1. The Hall–Kier alpha value is -0.220. The van der Waals surface area contributed by atoms with E-state index in [9.17, 15) is 9.59 Å². The maximum atomic E-state index is 10.8. The fourth-order valence-corrected chi connectivity index (χ4v) is 2.12. The van der Waals surface area contributed by atoms with Gasteiger partial charge in [-0.3, -0.25) is 9.59 Å². The van der Waals surface area contributed by atoms with E-state index in [-0.39, 0.29) is 5.78 Å². The van der Waals surface area contributed by atoms with E-state index in [0.29, 0.717) is 5.75 Å². The first-order valence-electron chi connectivity index (χ1n) is 2.65. The van der Waals surface area contributed by atoms with E-state index in [2.05, 4.69) is 0 Å². The minimum absolute atomic E-state index is 0.376. The largest absolute Gasteiger partial charge is 0.480 e. The molecule has 0 saturated carbocycles. The third kappa shape index (κ3) is 1.27. The summed E-state index contributed by atoms with van der Waals surface area (Å²) in [5.74, 6) is -1.05. The molecule has 56 valence electrons. The lowest BCUT2D eigenvalue weighted by atomic mass is 10.2. The minimum atomic E-state index is -1.09. The van der Waals surface area contributed by atoms with Gasteiger partial charge in [0, 0.05) is 5.75 Å². The van der Waals surface area contributed by atoms with Crippen LogP contribution in [0.25, 0.3) is 0 Å². The van der Waals surface area contributed by atoms with Crippen molar-refractivity contribution < 1.29 is 14.7 Å². The summed E-state index contributed by atoms with van der Waals surface area (Å²) >= 11 is 6.55. The van der Waals surface area contributed by atoms with Crippen molar-refractivity contribution in [3.8, 4) is 0 Å². The number of ketones is 1. The lowest BCUT2D eigenvalue weighted by molar-refractivity contribution is -0.139. The summed E-state index contributed by atoms with van der Waals surface area (Å²) in [6, 6.07) is 0. The van der Waals surface area contributed by atoms with Crippen LogP contribution in [-0.2, 0) is 9.59 Å². The molecule has 5 heteroatoms. The number of carbonyl (C=O) groups is 2. The number of hydrogen-bond donors (Lipinski definition) is 1. The lowest BCUT2D eigenvalue weighted by Gasteiger charge is -1.97. The Balaban J connectivity index is 2.66. The SMILES string of the molecule is O=C(O)C1SCC(Cl)C1=O. The standard InChI is InChI=1S/C5H5ClO3S/c6-2-1-10-4(3(2)7)5(8)9/h2,4H,1H2,(H,8,9). The summed E-state index contributed by atoms with van der Waals surface area (Å²) in [5, 5.41) is 6.87. The molecule has 0 radical (unpaired) electrons.